The van der Waals surface area contributed by atoms with Gasteiger partial charge >= 0.3 is 0 Å². The van der Waals surface area contributed by atoms with E-state index in [0.29, 0.717) is 6.54 Å². The molecule has 0 spiro atoms. The van der Waals surface area contributed by atoms with E-state index in [0.717, 1.165) is 45.1 Å². The minimum atomic E-state index is 0.134. The monoisotopic (exact) mass is 387 g/mol. The zero-order valence-electron chi connectivity index (χ0n) is 17.2. The fourth-order valence-electron chi connectivity index (χ4n) is 3.48. The molecule has 0 aliphatic rings. The van der Waals surface area contributed by atoms with E-state index in [1.807, 2.05) is 66.3 Å². The lowest BCUT2D eigenvalue weighted by atomic mass is 10.1. The molecule has 0 fully saturated rings. The molecule has 6 heteroatoms. The average molecular weight is 387 g/mol. The fraction of sp³-hybridized carbons (Fsp3) is 0.261. The molecule has 1 atom stereocenters. The van der Waals surface area contributed by atoms with Crippen molar-refractivity contribution < 1.29 is 4.74 Å². The van der Waals surface area contributed by atoms with Crippen molar-refractivity contribution in [2.24, 2.45) is 0 Å². The van der Waals surface area contributed by atoms with Crippen LogP contribution < -0.4 is 10.1 Å². The molecule has 0 saturated carbocycles. The van der Waals surface area contributed by atoms with Crippen LogP contribution in [0, 0.1) is 13.8 Å². The normalized spacial score (nSPS) is 12.3. The first-order valence-corrected chi connectivity index (χ1v) is 9.71. The van der Waals surface area contributed by atoms with Crippen LogP contribution in [0.1, 0.15) is 35.6 Å². The number of para-hydroxylation sites is 2. The molecular formula is C23H25N5O. The summed E-state index contributed by atoms with van der Waals surface area (Å²) in [5.74, 6) is 0.834. The van der Waals surface area contributed by atoms with Crippen LogP contribution in [0.15, 0.2) is 54.7 Å². The van der Waals surface area contributed by atoms with E-state index in [1.54, 1.807) is 7.11 Å². The standard InChI is InChI=1S/C23H25N5O/c1-15(24-14-23-16(2)26-21-7-5-6-8-22(21)27-23)20-13-25-28(17(20)3)18-9-11-19(29-4)12-10-18/h5-13,15,24H,14H2,1-4H3/t15-/m1/s1. The number of aromatic nitrogens is 4. The molecule has 1 N–H and O–H groups in total. The number of rotatable bonds is 6. The second-order valence-electron chi connectivity index (χ2n) is 7.14. The highest BCUT2D eigenvalue weighted by Gasteiger charge is 2.15. The summed E-state index contributed by atoms with van der Waals surface area (Å²) >= 11 is 0. The summed E-state index contributed by atoms with van der Waals surface area (Å²) in [5.41, 5.74) is 7.05. The number of benzene rings is 2. The van der Waals surface area contributed by atoms with Gasteiger partial charge in [-0.1, -0.05) is 12.1 Å². The largest absolute Gasteiger partial charge is 0.497 e. The summed E-state index contributed by atoms with van der Waals surface area (Å²) in [6, 6.07) is 16.0. The van der Waals surface area contributed by atoms with Crippen molar-refractivity contribution in [3.63, 3.8) is 0 Å². The third kappa shape index (κ3) is 3.84. The van der Waals surface area contributed by atoms with Crippen LogP contribution in [-0.4, -0.2) is 26.9 Å². The van der Waals surface area contributed by atoms with E-state index < -0.39 is 0 Å². The van der Waals surface area contributed by atoms with E-state index >= 15 is 0 Å². The van der Waals surface area contributed by atoms with Crippen molar-refractivity contribution in [3.8, 4) is 11.4 Å². The Balaban J connectivity index is 1.51. The molecule has 0 aliphatic heterocycles. The summed E-state index contributed by atoms with van der Waals surface area (Å²) in [6.45, 7) is 6.89. The SMILES string of the molecule is COc1ccc(-n2ncc([C@@H](C)NCc3nc4ccccc4nc3C)c2C)cc1. The Morgan fingerprint density at radius 1 is 1.00 bits per heavy atom. The van der Waals surface area contributed by atoms with E-state index in [2.05, 4.69) is 29.2 Å². The Morgan fingerprint density at radius 2 is 1.69 bits per heavy atom. The van der Waals surface area contributed by atoms with E-state index in [4.69, 9.17) is 9.72 Å². The summed E-state index contributed by atoms with van der Waals surface area (Å²) in [4.78, 5) is 9.45. The Kier molecular flexibility index (Phi) is 5.27. The first-order valence-electron chi connectivity index (χ1n) is 9.71. The van der Waals surface area contributed by atoms with Crippen LogP contribution in [0.3, 0.4) is 0 Å². The summed E-state index contributed by atoms with van der Waals surface area (Å²) in [6.07, 6.45) is 1.93. The maximum atomic E-state index is 5.24. The number of hydrogen-bond acceptors (Lipinski definition) is 5. The second kappa shape index (κ2) is 8.01. The lowest BCUT2D eigenvalue weighted by molar-refractivity contribution is 0.414. The predicted octanol–water partition coefficient (Wildman–Crippen LogP) is 4.29. The van der Waals surface area contributed by atoms with Gasteiger partial charge in [0, 0.05) is 23.8 Å². The topological polar surface area (TPSA) is 64.9 Å². The smallest absolute Gasteiger partial charge is 0.119 e. The highest BCUT2D eigenvalue weighted by atomic mass is 16.5. The minimum absolute atomic E-state index is 0.134. The Morgan fingerprint density at radius 3 is 2.38 bits per heavy atom. The zero-order valence-corrected chi connectivity index (χ0v) is 17.2. The number of fused-ring (bicyclic) bond motifs is 1. The van der Waals surface area contributed by atoms with E-state index in [9.17, 15) is 0 Å². The third-order valence-corrected chi connectivity index (χ3v) is 5.25. The fourth-order valence-corrected chi connectivity index (χ4v) is 3.48. The van der Waals surface area contributed by atoms with Gasteiger partial charge in [-0.15, -0.1) is 0 Å². The van der Waals surface area contributed by atoms with E-state index in [1.165, 1.54) is 0 Å². The van der Waals surface area contributed by atoms with Crippen LogP contribution >= 0.6 is 0 Å². The van der Waals surface area contributed by atoms with Gasteiger partial charge in [-0.3, -0.25) is 0 Å². The molecule has 2 heterocycles. The molecule has 2 aromatic heterocycles. The molecule has 29 heavy (non-hydrogen) atoms. The minimum Gasteiger partial charge on any atom is -0.497 e. The lowest BCUT2D eigenvalue weighted by Crippen LogP contribution is -2.20. The van der Waals surface area contributed by atoms with Gasteiger partial charge in [0.15, 0.2) is 0 Å². The molecular weight excluding hydrogens is 362 g/mol. The molecule has 0 unspecified atom stereocenters. The number of nitrogens with zero attached hydrogens (tertiary/aromatic N) is 4. The van der Waals surface area contributed by atoms with Gasteiger partial charge in [0.2, 0.25) is 0 Å². The Bertz CT molecular complexity index is 1130. The molecule has 4 aromatic rings. The lowest BCUT2D eigenvalue weighted by Gasteiger charge is -2.15. The molecule has 2 aromatic carbocycles. The summed E-state index contributed by atoms with van der Waals surface area (Å²) < 4.78 is 7.19. The van der Waals surface area contributed by atoms with Crippen LogP contribution in [-0.2, 0) is 6.54 Å². The molecule has 0 aliphatic carbocycles. The molecule has 0 amide bonds. The Labute approximate surface area is 170 Å². The van der Waals surface area contributed by atoms with Gasteiger partial charge in [-0.25, -0.2) is 14.6 Å². The number of nitrogens with one attached hydrogen (secondary N) is 1. The first-order chi connectivity index (χ1) is 14.1. The highest BCUT2D eigenvalue weighted by molar-refractivity contribution is 5.74. The second-order valence-corrected chi connectivity index (χ2v) is 7.14. The molecule has 0 saturated heterocycles. The van der Waals surface area contributed by atoms with Gasteiger partial charge in [-0.2, -0.15) is 5.10 Å². The quantitative estimate of drug-likeness (QED) is 0.535. The number of ether oxygens (including phenoxy) is 1. The zero-order chi connectivity index (χ0) is 20.4. The summed E-state index contributed by atoms with van der Waals surface area (Å²) in [7, 11) is 1.67. The van der Waals surface area contributed by atoms with Gasteiger partial charge in [0.25, 0.3) is 0 Å². The van der Waals surface area contributed by atoms with Gasteiger partial charge in [0.1, 0.15) is 5.75 Å². The van der Waals surface area contributed by atoms with Crippen molar-refractivity contribution in [3.05, 3.63) is 77.4 Å². The van der Waals surface area contributed by atoms with Gasteiger partial charge < -0.3 is 10.1 Å². The highest BCUT2D eigenvalue weighted by Crippen LogP contribution is 2.22. The van der Waals surface area contributed by atoms with Crippen LogP contribution in [0.4, 0.5) is 0 Å². The number of hydrogen-bond donors (Lipinski definition) is 1. The average Bonchev–Trinajstić information content (AvgIpc) is 3.13. The summed E-state index contributed by atoms with van der Waals surface area (Å²) in [5, 5.41) is 8.15. The number of methoxy groups -OCH3 is 1. The van der Waals surface area contributed by atoms with E-state index in [-0.39, 0.29) is 6.04 Å². The molecule has 6 nitrogen and oxygen atoms in total. The molecule has 4 rings (SSSR count). The maximum Gasteiger partial charge on any atom is 0.119 e. The van der Waals surface area contributed by atoms with Gasteiger partial charge in [-0.05, 0) is 57.2 Å². The van der Waals surface area contributed by atoms with Crippen molar-refractivity contribution in [2.45, 2.75) is 33.4 Å². The van der Waals surface area contributed by atoms with Crippen LogP contribution in [0.25, 0.3) is 16.7 Å². The van der Waals surface area contributed by atoms with Crippen molar-refractivity contribution in [1.82, 2.24) is 25.1 Å². The van der Waals surface area contributed by atoms with Crippen LogP contribution in [0.2, 0.25) is 0 Å². The van der Waals surface area contributed by atoms with Crippen LogP contribution in [0.5, 0.6) is 5.75 Å². The molecule has 148 valence electrons. The van der Waals surface area contributed by atoms with Gasteiger partial charge in [0.05, 0.1) is 41.4 Å². The van der Waals surface area contributed by atoms with Crippen molar-refractivity contribution >= 4 is 11.0 Å². The number of aryl methyl sites for hydroxylation is 1. The molecule has 0 bridgehead atoms. The van der Waals surface area contributed by atoms with Crippen molar-refractivity contribution in [2.75, 3.05) is 7.11 Å². The van der Waals surface area contributed by atoms with Crippen molar-refractivity contribution in [1.29, 1.82) is 0 Å². The predicted molar refractivity (Wildman–Crippen MR) is 114 cm³/mol. The third-order valence-electron chi connectivity index (χ3n) is 5.25. The maximum absolute atomic E-state index is 5.24. The Hall–Kier alpha value is -3.25. The first kappa shape index (κ1) is 19.1. The molecule has 0 radical (unpaired) electrons.